The molecule has 0 fully saturated rings. The van der Waals surface area contributed by atoms with Crippen LogP contribution in [0.15, 0.2) is 42.5 Å². The minimum Gasteiger partial charge on any atom is -0.298 e. The fourth-order valence-electron chi connectivity index (χ4n) is 1.50. The number of carbonyl (C=O) groups is 1. The van der Waals surface area contributed by atoms with Crippen LogP contribution in [0, 0.1) is 5.82 Å². The van der Waals surface area contributed by atoms with Crippen molar-refractivity contribution >= 4 is 17.9 Å². The Balaban J connectivity index is 2.53. The standard InChI is InChI=1S/C13H8ClFO/c14-11-4-5-12(13(15)7-11)10-3-1-2-9(6-10)8-16/h1-8H. The van der Waals surface area contributed by atoms with Crippen molar-refractivity contribution in [2.75, 3.05) is 0 Å². The summed E-state index contributed by atoms with van der Waals surface area (Å²) in [6.07, 6.45) is 0.733. The molecule has 2 aromatic carbocycles. The van der Waals surface area contributed by atoms with Gasteiger partial charge in [-0.15, -0.1) is 0 Å². The van der Waals surface area contributed by atoms with Crippen LogP contribution in [-0.4, -0.2) is 6.29 Å². The summed E-state index contributed by atoms with van der Waals surface area (Å²) in [7, 11) is 0. The number of benzene rings is 2. The Morgan fingerprint density at radius 1 is 1.12 bits per heavy atom. The third-order valence-electron chi connectivity index (χ3n) is 2.26. The molecule has 0 atom stereocenters. The van der Waals surface area contributed by atoms with Crippen molar-refractivity contribution in [3.8, 4) is 11.1 Å². The first kappa shape index (κ1) is 10.8. The van der Waals surface area contributed by atoms with Crippen LogP contribution >= 0.6 is 11.6 Å². The molecule has 1 nitrogen and oxygen atoms in total. The van der Waals surface area contributed by atoms with Gasteiger partial charge in [0, 0.05) is 16.1 Å². The Labute approximate surface area is 97.5 Å². The quantitative estimate of drug-likeness (QED) is 0.719. The summed E-state index contributed by atoms with van der Waals surface area (Å²) in [4.78, 5) is 10.6. The van der Waals surface area contributed by atoms with Gasteiger partial charge in [-0.05, 0) is 29.8 Å². The number of carbonyl (C=O) groups excluding carboxylic acids is 1. The van der Waals surface area contributed by atoms with Gasteiger partial charge in [-0.2, -0.15) is 0 Å². The lowest BCUT2D eigenvalue weighted by Crippen LogP contribution is -1.86. The second kappa shape index (κ2) is 4.45. The van der Waals surface area contributed by atoms with Gasteiger partial charge in [-0.1, -0.05) is 29.8 Å². The maximum Gasteiger partial charge on any atom is 0.150 e. The van der Waals surface area contributed by atoms with Crippen LogP contribution in [-0.2, 0) is 0 Å². The molecule has 80 valence electrons. The summed E-state index contributed by atoms with van der Waals surface area (Å²) in [6.45, 7) is 0. The Morgan fingerprint density at radius 2 is 1.94 bits per heavy atom. The normalized spacial score (nSPS) is 10.1. The summed E-state index contributed by atoms with van der Waals surface area (Å²) < 4.78 is 13.6. The predicted octanol–water partition coefficient (Wildman–Crippen LogP) is 3.96. The topological polar surface area (TPSA) is 17.1 Å². The number of rotatable bonds is 2. The van der Waals surface area contributed by atoms with E-state index < -0.39 is 5.82 Å². The number of halogens is 2. The summed E-state index contributed by atoms with van der Waals surface area (Å²) >= 11 is 5.67. The zero-order valence-electron chi connectivity index (χ0n) is 8.28. The molecule has 0 N–H and O–H groups in total. The summed E-state index contributed by atoms with van der Waals surface area (Å²) in [5.74, 6) is -0.393. The van der Waals surface area contributed by atoms with Crippen molar-refractivity contribution in [2.45, 2.75) is 0 Å². The molecule has 0 aromatic heterocycles. The first-order chi connectivity index (χ1) is 7.70. The lowest BCUT2D eigenvalue weighted by molar-refractivity contribution is 0.112. The van der Waals surface area contributed by atoms with Gasteiger partial charge in [0.05, 0.1) is 0 Å². The fraction of sp³-hybridized carbons (Fsp3) is 0. The average molecular weight is 235 g/mol. The molecule has 0 saturated carbocycles. The van der Waals surface area contributed by atoms with Crippen molar-refractivity contribution in [1.29, 1.82) is 0 Å². The molecular weight excluding hydrogens is 227 g/mol. The van der Waals surface area contributed by atoms with Gasteiger partial charge in [-0.3, -0.25) is 4.79 Å². The molecule has 0 saturated heterocycles. The Bertz CT molecular complexity index is 537. The first-order valence-corrected chi connectivity index (χ1v) is 5.09. The van der Waals surface area contributed by atoms with E-state index in [-0.39, 0.29) is 0 Å². The summed E-state index contributed by atoms with van der Waals surface area (Å²) in [5, 5.41) is 0.354. The van der Waals surface area contributed by atoms with E-state index in [1.165, 1.54) is 6.07 Å². The van der Waals surface area contributed by atoms with Crippen molar-refractivity contribution in [3.05, 3.63) is 58.9 Å². The average Bonchev–Trinajstić information content (AvgIpc) is 2.29. The van der Waals surface area contributed by atoms with Gasteiger partial charge in [0.25, 0.3) is 0 Å². The highest BCUT2D eigenvalue weighted by atomic mass is 35.5. The Kier molecular flexibility index (Phi) is 3.02. The van der Waals surface area contributed by atoms with Crippen LogP contribution in [0.5, 0.6) is 0 Å². The van der Waals surface area contributed by atoms with Crippen molar-refractivity contribution in [3.63, 3.8) is 0 Å². The number of hydrogen-bond acceptors (Lipinski definition) is 1. The summed E-state index contributed by atoms with van der Waals surface area (Å²) in [5.41, 5.74) is 1.62. The van der Waals surface area contributed by atoms with E-state index in [0.717, 1.165) is 6.29 Å². The second-order valence-electron chi connectivity index (χ2n) is 3.37. The SMILES string of the molecule is O=Cc1cccc(-c2ccc(Cl)cc2F)c1. The largest absolute Gasteiger partial charge is 0.298 e. The van der Waals surface area contributed by atoms with Crippen LogP contribution < -0.4 is 0 Å². The van der Waals surface area contributed by atoms with Crippen molar-refractivity contribution < 1.29 is 9.18 Å². The third kappa shape index (κ3) is 2.12. The zero-order chi connectivity index (χ0) is 11.5. The molecule has 3 heteroatoms. The van der Waals surface area contributed by atoms with Gasteiger partial charge in [0.1, 0.15) is 12.1 Å². The number of hydrogen-bond donors (Lipinski definition) is 0. The van der Waals surface area contributed by atoms with Gasteiger partial charge < -0.3 is 0 Å². The van der Waals surface area contributed by atoms with Gasteiger partial charge in [0.2, 0.25) is 0 Å². The molecule has 0 spiro atoms. The molecule has 2 aromatic rings. The second-order valence-corrected chi connectivity index (χ2v) is 3.80. The van der Waals surface area contributed by atoms with E-state index in [4.69, 9.17) is 11.6 Å². The molecule has 0 amide bonds. The molecule has 2 rings (SSSR count). The lowest BCUT2D eigenvalue weighted by Gasteiger charge is -2.04. The van der Waals surface area contributed by atoms with Crippen LogP contribution in [0.25, 0.3) is 11.1 Å². The van der Waals surface area contributed by atoms with E-state index in [2.05, 4.69) is 0 Å². The molecule has 0 unspecified atom stereocenters. The van der Waals surface area contributed by atoms with E-state index >= 15 is 0 Å². The van der Waals surface area contributed by atoms with Crippen LogP contribution in [0.1, 0.15) is 10.4 Å². The van der Waals surface area contributed by atoms with E-state index in [1.54, 1.807) is 36.4 Å². The maximum absolute atomic E-state index is 13.6. The van der Waals surface area contributed by atoms with Crippen LogP contribution in [0.3, 0.4) is 0 Å². The third-order valence-corrected chi connectivity index (χ3v) is 2.50. The van der Waals surface area contributed by atoms with Crippen LogP contribution in [0.2, 0.25) is 5.02 Å². The first-order valence-electron chi connectivity index (χ1n) is 4.71. The van der Waals surface area contributed by atoms with Gasteiger partial charge >= 0.3 is 0 Å². The highest BCUT2D eigenvalue weighted by molar-refractivity contribution is 6.30. The molecule has 0 aliphatic heterocycles. The maximum atomic E-state index is 13.6. The smallest absolute Gasteiger partial charge is 0.150 e. The minimum absolute atomic E-state index is 0.354. The molecule has 0 aliphatic rings. The predicted molar refractivity (Wildman–Crippen MR) is 62.2 cm³/mol. The Morgan fingerprint density at radius 3 is 2.62 bits per heavy atom. The highest BCUT2D eigenvalue weighted by Gasteiger charge is 2.05. The van der Waals surface area contributed by atoms with E-state index in [0.29, 0.717) is 21.7 Å². The van der Waals surface area contributed by atoms with Crippen molar-refractivity contribution in [2.24, 2.45) is 0 Å². The van der Waals surface area contributed by atoms with E-state index in [1.807, 2.05) is 0 Å². The van der Waals surface area contributed by atoms with Crippen molar-refractivity contribution in [1.82, 2.24) is 0 Å². The molecular formula is C13H8ClFO. The molecule has 0 radical (unpaired) electrons. The molecule has 16 heavy (non-hydrogen) atoms. The monoisotopic (exact) mass is 234 g/mol. The highest BCUT2D eigenvalue weighted by Crippen LogP contribution is 2.25. The minimum atomic E-state index is -0.393. The lowest BCUT2D eigenvalue weighted by atomic mass is 10.0. The molecule has 0 bridgehead atoms. The van der Waals surface area contributed by atoms with Gasteiger partial charge in [0.15, 0.2) is 0 Å². The Hall–Kier alpha value is -1.67. The van der Waals surface area contributed by atoms with Gasteiger partial charge in [-0.25, -0.2) is 4.39 Å². The zero-order valence-corrected chi connectivity index (χ0v) is 9.04. The van der Waals surface area contributed by atoms with Crippen LogP contribution in [0.4, 0.5) is 4.39 Å². The van der Waals surface area contributed by atoms with E-state index in [9.17, 15) is 9.18 Å². The fourth-order valence-corrected chi connectivity index (χ4v) is 1.66. The molecule has 0 heterocycles. The summed E-state index contributed by atoms with van der Waals surface area (Å²) in [6, 6.07) is 11.2. The molecule has 0 aliphatic carbocycles. The number of aldehydes is 1.